The van der Waals surface area contributed by atoms with E-state index in [1.807, 2.05) is 36.5 Å². The molecule has 30 heavy (non-hydrogen) atoms. The van der Waals surface area contributed by atoms with Crippen LogP contribution in [0.2, 0.25) is 5.02 Å². The third-order valence-electron chi connectivity index (χ3n) is 5.80. The fraction of sp³-hybridized carbons (Fsp3) is 0.182. The summed E-state index contributed by atoms with van der Waals surface area (Å²) in [5, 5.41) is 14.7. The Hall–Kier alpha value is -3.29. The van der Waals surface area contributed by atoms with Crippen molar-refractivity contribution < 1.29 is 10.4 Å². The molecule has 0 aliphatic carbocycles. The summed E-state index contributed by atoms with van der Waals surface area (Å²) in [6, 6.07) is 12.6. The number of nitrogens with one attached hydrogen (secondary N) is 2. The highest BCUT2D eigenvalue weighted by Gasteiger charge is 2.34. The van der Waals surface area contributed by atoms with Crippen LogP contribution in [0, 0.1) is 6.92 Å². The average Bonchev–Trinajstić information content (AvgIpc) is 3.10. The number of quaternary nitrogens is 1. The standard InChI is InChI=1S/C22H19ClN4O3/c1-11-6-7-12(10-15(11)23)27-21(29)17(20(28)26-22(27)30)19-18-14(8-9-24-19)13-4-2-3-5-16(13)25-18/h2-7,10,19,24-25,29H,8-9H2,1H3,(H,26,28,30)/p+1/t19-/m1/s1. The third-order valence-corrected chi connectivity index (χ3v) is 6.21. The van der Waals surface area contributed by atoms with E-state index < -0.39 is 17.3 Å². The Kier molecular flexibility index (Phi) is 4.30. The van der Waals surface area contributed by atoms with Crippen LogP contribution in [0.1, 0.15) is 28.4 Å². The van der Waals surface area contributed by atoms with Crippen molar-refractivity contribution in [2.45, 2.75) is 19.4 Å². The van der Waals surface area contributed by atoms with Gasteiger partial charge in [-0.15, -0.1) is 0 Å². The van der Waals surface area contributed by atoms with Gasteiger partial charge in [0.15, 0.2) is 6.04 Å². The molecule has 1 aliphatic rings. The zero-order valence-corrected chi connectivity index (χ0v) is 17.0. The fourth-order valence-corrected chi connectivity index (χ4v) is 4.48. The second-order valence-electron chi connectivity index (χ2n) is 7.58. The number of halogens is 1. The van der Waals surface area contributed by atoms with Crippen LogP contribution in [0.15, 0.2) is 52.1 Å². The number of fused-ring (bicyclic) bond motifs is 3. The van der Waals surface area contributed by atoms with E-state index in [1.165, 1.54) is 0 Å². The van der Waals surface area contributed by atoms with Crippen molar-refractivity contribution in [3.05, 3.63) is 90.7 Å². The number of hydrogen-bond acceptors (Lipinski definition) is 3. The molecular formula is C22H20ClN4O3+. The monoisotopic (exact) mass is 423 g/mol. The van der Waals surface area contributed by atoms with Crippen LogP contribution in [0.25, 0.3) is 16.6 Å². The molecule has 0 spiro atoms. The van der Waals surface area contributed by atoms with Gasteiger partial charge in [0.1, 0.15) is 5.56 Å². The lowest BCUT2D eigenvalue weighted by atomic mass is 9.95. The van der Waals surface area contributed by atoms with Crippen LogP contribution < -0.4 is 16.6 Å². The molecule has 5 rings (SSSR count). The minimum Gasteiger partial charge on any atom is -0.494 e. The number of H-pyrrole nitrogens is 2. The first-order chi connectivity index (χ1) is 14.5. The van der Waals surface area contributed by atoms with Gasteiger partial charge in [-0.1, -0.05) is 35.9 Å². The zero-order chi connectivity index (χ0) is 21.0. The van der Waals surface area contributed by atoms with Crippen molar-refractivity contribution in [1.82, 2.24) is 14.5 Å². The molecule has 0 fully saturated rings. The highest BCUT2D eigenvalue weighted by atomic mass is 35.5. The van der Waals surface area contributed by atoms with E-state index in [4.69, 9.17) is 11.6 Å². The molecule has 1 aliphatic heterocycles. The third kappa shape index (κ3) is 2.78. The van der Waals surface area contributed by atoms with Gasteiger partial charge in [-0.25, -0.2) is 9.36 Å². The van der Waals surface area contributed by atoms with E-state index in [9.17, 15) is 14.7 Å². The summed E-state index contributed by atoms with van der Waals surface area (Å²) in [6.07, 6.45) is 0.849. The maximum atomic E-state index is 12.8. The number of aromatic nitrogens is 3. The summed E-state index contributed by atoms with van der Waals surface area (Å²) in [5.41, 5.74) is 3.05. The molecular weight excluding hydrogens is 404 g/mol. The predicted molar refractivity (Wildman–Crippen MR) is 115 cm³/mol. The maximum Gasteiger partial charge on any atom is 0.335 e. The van der Waals surface area contributed by atoms with Crippen molar-refractivity contribution in [3.8, 4) is 11.6 Å². The number of para-hydroxylation sites is 1. The quantitative estimate of drug-likeness (QED) is 0.395. The van der Waals surface area contributed by atoms with Crippen LogP contribution in [-0.2, 0) is 6.42 Å². The van der Waals surface area contributed by atoms with Gasteiger partial charge in [-0.2, -0.15) is 0 Å². The van der Waals surface area contributed by atoms with Crippen molar-refractivity contribution in [2.75, 3.05) is 6.54 Å². The van der Waals surface area contributed by atoms with E-state index in [0.29, 0.717) is 10.7 Å². The predicted octanol–water partition coefficient (Wildman–Crippen LogP) is 1.88. The first-order valence-corrected chi connectivity index (χ1v) is 10.1. The first-order valence-electron chi connectivity index (χ1n) is 9.73. The van der Waals surface area contributed by atoms with Gasteiger partial charge in [0.25, 0.3) is 5.56 Å². The van der Waals surface area contributed by atoms with Gasteiger partial charge in [0.2, 0.25) is 5.88 Å². The molecule has 1 atom stereocenters. The Balaban J connectivity index is 1.74. The summed E-state index contributed by atoms with van der Waals surface area (Å²) in [7, 11) is 0. The van der Waals surface area contributed by atoms with E-state index in [0.717, 1.165) is 45.3 Å². The van der Waals surface area contributed by atoms with Crippen molar-refractivity contribution in [1.29, 1.82) is 0 Å². The largest absolute Gasteiger partial charge is 0.494 e. The van der Waals surface area contributed by atoms with Crippen molar-refractivity contribution >= 4 is 22.5 Å². The Morgan fingerprint density at radius 2 is 1.97 bits per heavy atom. The van der Waals surface area contributed by atoms with Crippen molar-refractivity contribution in [3.63, 3.8) is 0 Å². The Morgan fingerprint density at radius 1 is 1.17 bits per heavy atom. The summed E-state index contributed by atoms with van der Waals surface area (Å²) >= 11 is 6.22. The number of benzene rings is 2. The van der Waals surface area contributed by atoms with Gasteiger partial charge in [-0.3, -0.25) is 9.78 Å². The Morgan fingerprint density at radius 3 is 2.77 bits per heavy atom. The van der Waals surface area contributed by atoms with Gasteiger partial charge >= 0.3 is 5.69 Å². The molecule has 3 heterocycles. The molecule has 5 N–H and O–H groups in total. The number of aromatic amines is 2. The van der Waals surface area contributed by atoms with Gasteiger partial charge < -0.3 is 15.4 Å². The van der Waals surface area contributed by atoms with E-state index in [-0.39, 0.29) is 11.4 Å². The number of hydrogen-bond donors (Lipinski definition) is 4. The smallest absolute Gasteiger partial charge is 0.335 e. The summed E-state index contributed by atoms with van der Waals surface area (Å²) in [5.74, 6) is -0.378. The summed E-state index contributed by atoms with van der Waals surface area (Å²) in [4.78, 5) is 31.1. The van der Waals surface area contributed by atoms with Crippen LogP contribution in [0.5, 0.6) is 5.88 Å². The molecule has 8 heteroatoms. The minimum atomic E-state index is -0.714. The van der Waals surface area contributed by atoms with Crippen LogP contribution in [0.4, 0.5) is 0 Å². The fourth-order valence-electron chi connectivity index (χ4n) is 4.31. The molecule has 152 valence electrons. The van der Waals surface area contributed by atoms with Gasteiger partial charge in [0, 0.05) is 22.3 Å². The van der Waals surface area contributed by atoms with Gasteiger partial charge in [-0.05, 0) is 36.2 Å². The number of nitrogens with zero attached hydrogens (tertiary/aromatic N) is 1. The molecule has 7 nitrogen and oxygen atoms in total. The molecule has 0 saturated carbocycles. The average molecular weight is 424 g/mol. The highest BCUT2D eigenvalue weighted by Crippen LogP contribution is 2.32. The first kappa shape index (κ1) is 18.7. The highest BCUT2D eigenvalue weighted by molar-refractivity contribution is 6.31. The van der Waals surface area contributed by atoms with Crippen LogP contribution in [-0.4, -0.2) is 26.2 Å². The molecule has 0 amide bonds. The normalized spacial score (nSPS) is 16.0. The second-order valence-corrected chi connectivity index (χ2v) is 7.99. The number of nitrogens with two attached hydrogens (primary N) is 1. The molecule has 4 aromatic rings. The molecule has 0 radical (unpaired) electrons. The van der Waals surface area contributed by atoms with Crippen molar-refractivity contribution in [2.24, 2.45) is 0 Å². The minimum absolute atomic E-state index is 0.138. The second kappa shape index (κ2) is 6.90. The van der Waals surface area contributed by atoms with Crippen LogP contribution >= 0.6 is 11.6 Å². The molecule has 2 aromatic carbocycles. The molecule has 0 saturated heterocycles. The maximum absolute atomic E-state index is 12.8. The molecule has 2 aromatic heterocycles. The summed E-state index contributed by atoms with van der Waals surface area (Å²) in [6.45, 7) is 2.61. The lowest BCUT2D eigenvalue weighted by molar-refractivity contribution is -0.690. The summed E-state index contributed by atoms with van der Waals surface area (Å²) < 4.78 is 1.09. The number of rotatable bonds is 2. The van der Waals surface area contributed by atoms with E-state index in [2.05, 4.69) is 9.97 Å². The van der Waals surface area contributed by atoms with Gasteiger partial charge in [0.05, 0.1) is 17.9 Å². The Labute approximate surface area is 176 Å². The topological polar surface area (TPSA) is 107 Å². The van der Waals surface area contributed by atoms with Crippen LogP contribution in [0.3, 0.4) is 0 Å². The SMILES string of the molecule is Cc1ccc(-n2c(O)c([C@H]3[NH2+]CCc4c3[nH]c3ccccc43)c(=O)[nH]c2=O)cc1Cl. The van der Waals surface area contributed by atoms with E-state index in [1.54, 1.807) is 18.2 Å². The number of aryl methyl sites for hydroxylation is 1. The zero-order valence-electron chi connectivity index (χ0n) is 16.2. The number of aromatic hydroxyl groups is 1. The lowest BCUT2D eigenvalue weighted by Gasteiger charge is -2.22. The molecule has 0 unspecified atom stereocenters. The Bertz CT molecular complexity index is 1420. The lowest BCUT2D eigenvalue weighted by Crippen LogP contribution is -2.87. The van der Waals surface area contributed by atoms with E-state index >= 15 is 0 Å². The molecule has 0 bridgehead atoms.